The summed E-state index contributed by atoms with van der Waals surface area (Å²) in [5.41, 5.74) is 5.91. The van der Waals surface area contributed by atoms with Crippen molar-refractivity contribution in [2.24, 2.45) is 5.73 Å². The molecule has 0 bridgehead atoms. The number of rotatable bonds is 4. The lowest BCUT2D eigenvalue weighted by Crippen LogP contribution is -2.50. The van der Waals surface area contributed by atoms with Gasteiger partial charge >= 0.3 is 6.61 Å². The van der Waals surface area contributed by atoms with E-state index < -0.39 is 6.61 Å². The van der Waals surface area contributed by atoms with Gasteiger partial charge in [-0.15, -0.1) is 0 Å². The lowest BCUT2D eigenvalue weighted by Gasteiger charge is -2.32. The van der Waals surface area contributed by atoms with E-state index in [-0.39, 0.29) is 23.7 Å². The van der Waals surface area contributed by atoms with Crippen molar-refractivity contribution in [3.8, 4) is 5.75 Å². The Hall–Kier alpha value is -1.69. The van der Waals surface area contributed by atoms with Gasteiger partial charge in [0.2, 0.25) is 0 Å². The molecule has 18 heavy (non-hydrogen) atoms. The number of amides is 1. The summed E-state index contributed by atoms with van der Waals surface area (Å²) in [5.74, 6) is -0.324. The summed E-state index contributed by atoms with van der Waals surface area (Å²) in [7, 11) is 0. The maximum absolute atomic E-state index is 12.0. The predicted octanol–water partition coefficient (Wildman–Crippen LogP) is 1.51. The van der Waals surface area contributed by atoms with Crippen molar-refractivity contribution >= 4 is 5.91 Å². The van der Waals surface area contributed by atoms with Gasteiger partial charge in [0.25, 0.3) is 5.91 Å². The molecule has 3 N–H and O–H groups in total. The van der Waals surface area contributed by atoms with E-state index in [9.17, 15) is 13.6 Å². The van der Waals surface area contributed by atoms with Crippen LogP contribution in [0.2, 0.25) is 0 Å². The van der Waals surface area contributed by atoms with Gasteiger partial charge < -0.3 is 15.8 Å². The van der Waals surface area contributed by atoms with Crippen LogP contribution in [0.4, 0.5) is 8.78 Å². The van der Waals surface area contributed by atoms with Crippen molar-refractivity contribution in [3.63, 3.8) is 0 Å². The van der Waals surface area contributed by atoms with E-state index in [0.717, 1.165) is 12.8 Å². The van der Waals surface area contributed by atoms with Crippen LogP contribution in [0.25, 0.3) is 0 Å². The number of alkyl halides is 2. The van der Waals surface area contributed by atoms with Crippen LogP contribution in [0.15, 0.2) is 24.3 Å². The topological polar surface area (TPSA) is 64.3 Å². The number of halogens is 2. The minimum absolute atomic E-state index is 0.0250. The first-order chi connectivity index (χ1) is 8.54. The molecule has 1 saturated carbocycles. The molecule has 0 heterocycles. The van der Waals surface area contributed by atoms with Gasteiger partial charge in [0.15, 0.2) is 0 Å². The first kappa shape index (κ1) is 12.8. The second-order valence-corrected chi connectivity index (χ2v) is 4.31. The smallest absolute Gasteiger partial charge is 0.387 e. The van der Waals surface area contributed by atoms with Crippen molar-refractivity contribution in [2.45, 2.75) is 31.5 Å². The number of benzene rings is 1. The second-order valence-electron chi connectivity index (χ2n) is 4.31. The summed E-state index contributed by atoms with van der Waals surface area (Å²) < 4.78 is 28.3. The van der Waals surface area contributed by atoms with Gasteiger partial charge in [0, 0.05) is 17.6 Å². The number of carbonyl (C=O) groups is 1. The highest BCUT2D eigenvalue weighted by molar-refractivity contribution is 5.94. The Bertz CT molecular complexity index is 434. The first-order valence-electron chi connectivity index (χ1n) is 5.66. The summed E-state index contributed by atoms with van der Waals surface area (Å²) in [6.07, 6.45) is 1.50. The fourth-order valence-corrected chi connectivity index (χ4v) is 1.86. The number of hydrogen-bond acceptors (Lipinski definition) is 3. The first-order valence-corrected chi connectivity index (χ1v) is 5.66. The van der Waals surface area contributed by atoms with Crippen LogP contribution in [-0.2, 0) is 0 Å². The third-order valence-electron chi connectivity index (χ3n) is 2.83. The van der Waals surface area contributed by atoms with E-state index in [4.69, 9.17) is 5.73 Å². The predicted molar refractivity (Wildman–Crippen MR) is 61.5 cm³/mol. The standard InChI is InChI=1S/C12H14F2N2O2/c13-12(14)18-10-3-1-2-7(4-10)11(17)16-9-5-8(15)6-9/h1-4,8-9,12H,5-6,15H2,(H,16,17). The normalized spacial score (nSPS) is 22.4. The Kier molecular flexibility index (Phi) is 3.76. The Morgan fingerprint density at radius 2 is 2.17 bits per heavy atom. The van der Waals surface area contributed by atoms with E-state index in [0.29, 0.717) is 5.56 Å². The van der Waals surface area contributed by atoms with Crippen LogP contribution >= 0.6 is 0 Å². The number of nitrogens with one attached hydrogen (secondary N) is 1. The largest absolute Gasteiger partial charge is 0.435 e. The van der Waals surface area contributed by atoms with Crippen molar-refractivity contribution in [1.29, 1.82) is 0 Å². The Labute approximate surface area is 103 Å². The zero-order valence-corrected chi connectivity index (χ0v) is 9.61. The van der Waals surface area contributed by atoms with Crippen molar-refractivity contribution in [2.75, 3.05) is 0 Å². The van der Waals surface area contributed by atoms with Gasteiger partial charge in [0.05, 0.1) is 0 Å². The van der Waals surface area contributed by atoms with E-state index in [1.807, 2.05) is 0 Å². The van der Waals surface area contributed by atoms with Gasteiger partial charge in [-0.25, -0.2) is 0 Å². The molecule has 0 aromatic heterocycles. The monoisotopic (exact) mass is 256 g/mol. The van der Waals surface area contributed by atoms with E-state index in [2.05, 4.69) is 10.1 Å². The minimum atomic E-state index is -2.90. The quantitative estimate of drug-likeness (QED) is 0.858. The summed E-state index contributed by atoms with van der Waals surface area (Å²) in [6.45, 7) is -2.90. The molecule has 4 nitrogen and oxygen atoms in total. The zero-order valence-electron chi connectivity index (χ0n) is 9.61. The molecule has 1 amide bonds. The summed E-state index contributed by atoms with van der Waals surface area (Å²) >= 11 is 0. The molecular weight excluding hydrogens is 242 g/mol. The molecule has 98 valence electrons. The highest BCUT2D eigenvalue weighted by Gasteiger charge is 2.27. The molecule has 0 aliphatic heterocycles. The zero-order chi connectivity index (χ0) is 13.1. The molecule has 1 fully saturated rings. The van der Waals surface area contributed by atoms with E-state index in [1.165, 1.54) is 18.2 Å². The van der Waals surface area contributed by atoms with Gasteiger partial charge in [-0.1, -0.05) is 6.07 Å². The van der Waals surface area contributed by atoms with Crippen LogP contribution in [0, 0.1) is 0 Å². The minimum Gasteiger partial charge on any atom is -0.435 e. The molecule has 0 radical (unpaired) electrons. The summed E-state index contributed by atoms with van der Waals surface area (Å²) in [6, 6.07) is 5.93. The maximum Gasteiger partial charge on any atom is 0.387 e. The SMILES string of the molecule is NC1CC(NC(=O)c2cccc(OC(F)F)c2)C1. The molecule has 0 unspecified atom stereocenters. The third kappa shape index (κ3) is 3.16. The van der Waals surface area contributed by atoms with Gasteiger partial charge in [-0.3, -0.25) is 4.79 Å². The molecule has 0 saturated heterocycles. The van der Waals surface area contributed by atoms with Crippen LogP contribution in [0.5, 0.6) is 5.75 Å². The number of hydrogen-bond donors (Lipinski definition) is 2. The summed E-state index contributed by atoms with van der Waals surface area (Å²) in [5, 5.41) is 2.78. The average Bonchev–Trinajstić information content (AvgIpc) is 2.26. The average molecular weight is 256 g/mol. The second kappa shape index (κ2) is 5.30. The highest BCUT2D eigenvalue weighted by Crippen LogP contribution is 2.19. The van der Waals surface area contributed by atoms with Crippen molar-refractivity contribution < 1.29 is 18.3 Å². The van der Waals surface area contributed by atoms with Crippen LogP contribution < -0.4 is 15.8 Å². The fraction of sp³-hybridized carbons (Fsp3) is 0.417. The Balaban J connectivity index is 1.97. The molecule has 1 aliphatic rings. The third-order valence-corrected chi connectivity index (χ3v) is 2.83. The van der Waals surface area contributed by atoms with Crippen LogP contribution in [0.1, 0.15) is 23.2 Å². The maximum atomic E-state index is 12.0. The van der Waals surface area contributed by atoms with Gasteiger partial charge in [-0.2, -0.15) is 8.78 Å². The van der Waals surface area contributed by atoms with Crippen LogP contribution in [-0.4, -0.2) is 24.6 Å². The van der Waals surface area contributed by atoms with Crippen molar-refractivity contribution in [1.82, 2.24) is 5.32 Å². The molecule has 1 aliphatic carbocycles. The number of carbonyl (C=O) groups excluding carboxylic acids is 1. The van der Waals surface area contributed by atoms with E-state index >= 15 is 0 Å². The van der Waals surface area contributed by atoms with Crippen LogP contribution in [0.3, 0.4) is 0 Å². The lowest BCUT2D eigenvalue weighted by molar-refractivity contribution is -0.0498. The summed E-state index contributed by atoms with van der Waals surface area (Å²) in [4.78, 5) is 11.8. The Morgan fingerprint density at radius 1 is 1.44 bits per heavy atom. The van der Waals surface area contributed by atoms with Gasteiger partial charge in [0.1, 0.15) is 5.75 Å². The highest BCUT2D eigenvalue weighted by atomic mass is 19.3. The molecule has 1 aromatic carbocycles. The molecule has 0 spiro atoms. The van der Waals surface area contributed by atoms with Gasteiger partial charge in [-0.05, 0) is 31.0 Å². The molecule has 1 aromatic rings. The molecular formula is C12H14F2N2O2. The molecule has 0 atom stereocenters. The van der Waals surface area contributed by atoms with Crippen molar-refractivity contribution in [3.05, 3.63) is 29.8 Å². The lowest BCUT2D eigenvalue weighted by atomic mass is 9.87. The van der Waals surface area contributed by atoms with E-state index in [1.54, 1.807) is 6.07 Å². The number of nitrogens with two attached hydrogens (primary N) is 1. The number of ether oxygens (including phenoxy) is 1. The Morgan fingerprint density at radius 3 is 2.78 bits per heavy atom. The fourth-order valence-electron chi connectivity index (χ4n) is 1.86. The molecule has 6 heteroatoms. The molecule has 2 rings (SSSR count).